The zero-order valence-corrected chi connectivity index (χ0v) is 19.2. The third kappa shape index (κ3) is 6.73. The Morgan fingerprint density at radius 2 is 1.93 bits per heavy atom. The van der Waals surface area contributed by atoms with E-state index in [1.54, 1.807) is 16.2 Å². The van der Waals surface area contributed by atoms with Gasteiger partial charge in [-0.25, -0.2) is 0 Å². The number of benzene rings is 1. The van der Waals surface area contributed by atoms with E-state index in [0.717, 1.165) is 33.7 Å². The van der Waals surface area contributed by atoms with Gasteiger partial charge in [-0.2, -0.15) is 0 Å². The van der Waals surface area contributed by atoms with E-state index in [-0.39, 0.29) is 5.91 Å². The molecule has 6 nitrogen and oxygen atoms in total. The fourth-order valence-corrected chi connectivity index (χ4v) is 5.01. The van der Waals surface area contributed by atoms with Crippen molar-refractivity contribution < 1.29 is 4.79 Å². The first-order valence-corrected chi connectivity index (χ1v) is 11.9. The number of nitrogens with one attached hydrogen (secondary N) is 1. The van der Waals surface area contributed by atoms with Gasteiger partial charge in [0.1, 0.15) is 0 Å². The zero-order chi connectivity index (χ0) is 20.6. The summed E-state index contributed by atoms with van der Waals surface area (Å²) in [5.41, 5.74) is 2.26. The molecule has 1 N–H and O–H groups in total. The van der Waals surface area contributed by atoms with E-state index in [4.69, 9.17) is 0 Å². The third-order valence-electron chi connectivity index (χ3n) is 4.25. The maximum absolute atomic E-state index is 12.4. The maximum atomic E-state index is 12.4. The molecule has 0 aliphatic carbocycles. The summed E-state index contributed by atoms with van der Waals surface area (Å²) in [6.07, 6.45) is 0.971. The first-order chi connectivity index (χ1) is 14.0. The summed E-state index contributed by atoms with van der Waals surface area (Å²) in [6, 6.07) is 12.4. The minimum Gasteiger partial charge on any atom is -0.378 e. The minimum absolute atomic E-state index is 0.0779. The number of anilines is 2. The Morgan fingerprint density at radius 3 is 2.62 bits per heavy atom. The lowest BCUT2D eigenvalue weighted by molar-refractivity contribution is -0.127. The average molecular weight is 448 g/mol. The predicted molar refractivity (Wildman–Crippen MR) is 124 cm³/mol. The number of aromatic nitrogens is 2. The van der Waals surface area contributed by atoms with Crippen LogP contribution in [-0.2, 0) is 17.8 Å². The number of thiophene rings is 1. The Hall–Kier alpha value is -2.10. The number of rotatable bonds is 10. The molecule has 9 heteroatoms. The minimum atomic E-state index is 0.0779. The molecule has 1 amide bonds. The van der Waals surface area contributed by atoms with Crippen LogP contribution in [-0.4, -0.2) is 54.4 Å². The predicted octanol–water partition coefficient (Wildman–Crippen LogP) is 4.07. The molecule has 0 aliphatic rings. The van der Waals surface area contributed by atoms with Crippen molar-refractivity contribution in [3.63, 3.8) is 0 Å². The molecule has 154 valence electrons. The molecule has 0 fully saturated rings. The van der Waals surface area contributed by atoms with Crippen molar-refractivity contribution in [1.82, 2.24) is 15.1 Å². The Labute approximate surface area is 184 Å². The summed E-state index contributed by atoms with van der Waals surface area (Å²) < 4.78 is 0.806. The van der Waals surface area contributed by atoms with Crippen LogP contribution < -0.4 is 10.2 Å². The lowest BCUT2D eigenvalue weighted by Gasteiger charge is -2.18. The van der Waals surface area contributed by atoms with Crippen molar-refractivity contribution in [2.45, 2.75) is 17.3 Å². The summed E-state index contributed by atoms with van der Waals surface area (Å²) in [5.74, 6) is 0.435. The second-order valence-corrected chi connectivity index (χ2v) is 9.96. The van der Waals surface area contributed by atoms with Gasteiger partial charge in [0.15, 0.2) is 4.34 Å². The van der Waals surface area contributed by atoms with Crippen LogP contribution in [0.2, 0.25) is 0 Å². The van der Waals surface area contributed by atoms with Crippen LogP contribution in [0.4, 0.5) is 10.8 Å². The van der Waals surface area contributed by atoms with Gasteiger partial charge in [-0.3, -0.25) is 4.79 Å². The Balaban J connectivity index is 1.40. The molecule has 3 rings (SSSR count). The van der Waals surface area contributed by atoms with Crippen molar-refractivity contribution in [1.29, 1.82) is 0 Å². The van der Waals surface area contributed by atoms with Gasteiger partial charge in [0.2, 0.25) is 11.0 Å². The van der Waals surface area contributed by atoms with Crippen molar-refractivity contribution in [2.24, 2.45) is 0 Å². The number of nitrogens with zero attached hydrogens (tertiary/aromatic N) is 4. The van der Waals surface area contributed by atoms with Crippen molar-refractivity contribution in [3.05, 3.63) is 52.2 Å². The van der Waals surface area contributed by atoms with Gasteiger partial charge in [-0.1, -0.05) is 41.3 Å². The molecule has 29 heavy (non-hydrogen) atoms. The van der Waals surface area contributed by atoms with E-state index >= 15 is 0 Å². The van der Waals surface area contributed by atoms with Gasteiger partial charge < -0.3 is 15.1 Å². The summed E-state index contributed by atoms with van der Waals surface area (Å²) in [4.78, 5) is 17.6. The van der Waals surface area contributed by atoms with E-state index in [9.17, 15) is 4.79 Å². The monoisotopic (exact) mass is 447 g/mol. The number of hydrogen-bond donors (Lipinski definition) is 1. The van der Waals surface area contributed by atoms with Gasteiger partial charge in [-0.05, 0) is 35.6 Å². The SMILES string of the molecule is CN(Cc1ccc(N(C)C)cc1)C(=O)CSc1nnc(NCCc2cccs2)s1. The fourth-order valence-electron chi connectivity index (χ4n) is 2.58. The molecule has 0 spiro atoms. The molecule has 0 unspecified atom stereocenters. The van der Waals surface area contributed by atoms with Crippen LogP contribution in [0.15, 0.2) is 46.1 Å². The number of hydrogen-bond acceptors (Lipinski definition) is 8. The van der Waals surface area contributed by atoms with Crippen LogP contribution in [0.1, 0.15) is 10.4 Å². The second kappa shape index (κ2) is 10.6. The van der Waals surface area contributed by atoms with Gasteiger partial charge >= 0.3 is 0 Å². The molecule has 0 bridgehead atoms. The smallest absolute Gasteiger partial charge is 0.233 e. The molecule has 1 aromatic carbocycles. The maximum Gasteiger partial charge on any atom is 0.233 e. The van der Waals surface area contributed by atoms with Gasteiger partial charge in [0.05, 0.1) is 5.75 Å². The highest BCUT2D eigenvalue weighted by Gasteiger charge is 2.12. The van der Waals surface area contributed by atoms with E-state index in [1.807, 2.05) is 21.1 Å². The molecule has 3 aromatic rings. The van der Waals surface area contributed by atoms with Gasteiger partial charge in [0.25, 0.3) is 0 Å². The quantitative estimate of drug-likeness (QED) is 0.473. The molecular formula is C20H25N5OS3. The lowest BCUT2D eigenvalue weighted by atomic mass is 10.2. The van der Waals surface area contributed by atoms with E-state index in [0.29, 0.717) is 12.3 Å². The summed E-state index contributed by atoms with van der Waals surface area (Å²) in [6.45, 7) is 1.42. The highest BCUT2D eigenvalue weighted by Crippen LogP contribution is 2.26. The number of carbonyl (C=O) groups is 1. The number of thioether (sulfide) groups is 1. The highest BCUT2D eigenvalue weighted by molar-refractivity contribution is 8.01. The van der Waals surface area contributed by atoms with Gasteiger partial charge in [-0.15, -0.1) is 21.5 Å². The Bertz CT molecular complexity index is 893. The molecule has 0 radical (unpaired) electrons. The van der Waals surface area contributed by atoms with Crippen molar-refractivity contribution >= 4 is 51.2 Å². The van der Waals surface area contributed by atoms with E-state index in [1.165, 1.54) is 28.0 Å². The first kappa shape index (κ1) is 21.6. The molecule has 0 saturated heterocycles. The first-order valence-electron chi connectivity index (χ1n) is 9.24. The molecule has 2 heterocycles. The normalized spacial score (nSPS) is 10.7. The van der Waals surface area contributed by atoms with Crippen LogP contribution in [0, 0.1) is 0 Å². The molecule has 0 saturated carbocycles. The van der Waals surface area contributed by atoms with Crippen LogP contribution >= 0.6 is 34.4 Å². The van der Waals surface area contributed by atoms with E-state index < -0.39 is 0 Å². The topological polar surface area (TPSA) is 61.4 Å². The van der Waals surface area contributed by atoms with Gasteiger partial charge in [0, 0.05) is 44.8 Å². The second-order valence-electron chi connectivity index (χ2n) is 6.73. The van der Waals surface area contributed by atoms with Crippen LogP contribution in [0.25, 0.3) is 0 Å². The lowest BCUT2D eigenvalue weighted by Crippen LogP contribution is -2.27. The van der Waals surface area contributed by atoms with Crippen LogP contribution in [0.3, 0.4) is 0 Å². The van der Waals surface area contributed by atoms with Crippen molar-refractivity contribution in [2.75, 3.05) is 43.7 Å². The standard InChI is InChI=1S/C20H25N5OS3/c1-24(2)16-8-6-15(7-9-16)13-25(3)18(26)14-28-20-23-22-19(29-20)21-11-10-17-5-4-12-27-17/h4-9,12H,10-11,13-14H2,1-3H3,(H,21,22). The molecular weight excluding hydrogens is 422 g/mol. The Morgan fingerprint density at radius 1 is 1.14 bits per heavy atom. The third-order valence-corrected chi connectivity index (χ3v) is 7.19. The molecule has 0 atom stereocenters. The highest BCUT2D eigenvalue weighted by atomic mass is 32.2. The summed E-state index contributed by atoms with van der Waals surface area (Å²) >= 11 is 4.68. The Kier molecular flexibility index (Phi) is 7.91. The summed E-state index contributed by atoms with van der Waals surface area (Å²) in [7, 11) is 5.86. The van der Waals surface area contributed by atoms with E-state index in [2.05, 4.69) is 62.2 Å². The van der Waals surface area contributed by atoms with Crippen molar-refractivity contribution in [3.8, 4) is 0 Å². The molecule has 0 aliphatic heterocycles. The fraction of sp³-hybridized carbons (Fsp3) is 0.350. The largest absolute Gasteiger partial charge is 0.378 e. The summed E-state index contributed by atoms with van der Waals surface area (Å²) in [5, 5.41) is 14.5. The zero-order valence-electron chi connectivity index (χ0n) is 16.8. The number of amides is 1. The number of carbonyl (C=O) groups excluding carboxylic acids is 1. The van der Waals surface area contributed by atoms with Crippen LogP contribution in [0.5, 0.6) is 0 Å². The molecule has 2 aromatic heterocycles. The average Bonchev–Trinajstić information content (AvgIpc) is 3.38.